The van der Waals surface area contributed by atoms with Crippen LogP contribution >= 0.6 is 0 Å². The molecule has 0 aliphatic rings. The number of carbonyl (C=O) groups is 1. The largest absolute Gasteiger partial charge is 0.398 e. The highest BCUT2D eigenvalue weighted by Crippen LogP contribution is 2.23. The van der Waals surface area contributed by atoms with Gasteiger partial charge in [-0.1, -0.05) is 6.07 Å². The number of nitrogens with two attached hydrogens (primary N) is 1. The lowest BCUT2D eigenvalue weighted by Gasteiger charge is -2.10. The van der Waals surface area contributed by atoms with Gasteiger partial charge in [0, 0.05) is 17.6 Å². The third-order valence-electron chi connectivity index (χ3n) is 2.84. The van der Waals surface area contributed by atoms with Crippen molar-refractivity contribution in [3.05, 3.63) is 52.9 Å². The molecule has 0 fully saturated rings. The Morgan fingerprint density at radius 3 is 2.65 bits per heavy atom. The molecular weight excluding hydrogens is 264 g/mol. The van der Waals surface area contributed by atoms with Gasteiger partial charge < -0.3 is 11.1 Å². The molecule has 1 heterocycles. The molecule has 0 aliphatic heterocycles. The number of halogens is 2. The Morgan fingerprint density at radius 1 is 1.30 bits per heavy atom. The molecule has 4 nitrogen and oxygen atoms in total. The van der Waals surface area contributed by atoms with Gasteiger partial charge in [0.15, 0.2) is 5.82 Å². The summed E-state index contributed by atoms with van der Waals surface area (Å²) >= 11 is 0. The first kappa shape index (κ1) is 13.9. The molecule has 0 saturated carbocycles. The summed E-state index contributed by atoms with van der Waals surface area (Å²) in [6, 6.07) is 3.89. The molecule has 3 N–H and O–H groups in total. The summed E-state index contributed by atoms with van der Waals surface area (Å²) < 4.78 is 27.4. The molecule has 1 aromatic carbocycles. The third kappa shape index (κ3) is 2.59. The number of carbonyl (C=O) groups excluding carboxylic acids is 1. The number of hydrogen-bond donors (Lipinski definition) is 2. The molecule has 0 aliphatic carbocycles. The monoisotopic (exact) mass is 277 g/mol. The number of aromatic nitrogens is 1. The van der Waals surface area contributed by atoms with Gasteiger partial charge in [-0.05, 0) is 31.5 Å². The van der Waals surface area contributed by atoms with Crippen molar-refractivity contribution in [2.24, 2.45) is 0 Å². The van der Waals surface area contributed by atoms with E-state index >= 15 is 0 Å². The molecule has 0 unspecified atom stereocenters. The van der Waals surface area contributed by atoms with Crippen LogP contribution in [0.4, 0.5) is 20.2 Å². The van der Waals surface area contributed by atoms with Gasteiger partial charge >= 0.3 is 0 Å². The Kier molecular flexibility index (Phi) is 3.65. The first-order chi connectivity index (χ1) is 9.40. The Bertz CT molecular complexity index is 686. The van der Waals surface area contributed by atoms with E-state index in [0.29, 0.717) is 5.69 Å². The molecular formula is C14H13F2N3O. The van der Waals surface area contributed by atoms with Crippen LogP contribution < -0.4 is 11.1 Å². The van der Waals surface area contributed by atoms with Crippen LogP contribution in [0.2, 0.25) is 0 Å². The molecule has 0 bridgehead atoms. The number of pyridine rings is 1. The van der Waals surface area contributed by atoms with Crippen LogP contribution in [0, 0.1) is 25.5 Å². The lowest BCUT2D eigenvalue weighted by molar-refractivity contribution is 0.102. The molecule has 2 aromatic rings. The number of nitrogens with one attached hydrogen (secondary N) is 1. The fraction of sp³-hybridized carbons (Fsp3) is 0.143. The van der Waals surface area contributed by atoms with Crippen LogP contribution in [0.5, 0.6) is 0 Å². The average molecular weight is 277 g/mol. The molecule has 6 heteroatoms. The summed E-state index contributed by atoms with van der Waals surface area (Å²) in [5.41, 5.74) is 6.34. The van der Waals surface area contributed by atoms with Crippen LogP contribution in [-0.4, -0.2) is 10.9 Å². The van der Waals surface area contributed by atoms with Crippen molar-refractivity contribution < 1.29 is 13.6 Å². The van der Waals surface area contributed by atoms with E-state index < -0.39 is 23.2 Å². The second-order valence-electron chi connectivity index (χ2n) is 4.42. The molecule has 20 heavy (non-hydrogen) atoms. The fourth-order valence-electron chi connectivity index (χ4n) is 1.72. The predicted molar refractivity (Wildman–Crippen MR) is 72.4 cm³/mol. The lowest BCUT2D eigenvalue weighted by atomic mass is 10.1. The first-order valence-corrected chi connectivity index (χ1v) is 5.88. The van der Waals surface area contributed by atoms with Gasteiger partial charge in [0.1, 0.15) is 11.5 Å². The van der Waals surface area contributed by atoms with Crippen molar-refractivity contribution >= 4 is 17.3 Å². The number of amides is 1. The van der Waals surface area contributed by atoms with E-state index in [2.05, 4.69) is 10.3 Å². The van der Waals surface area contributed by atoms with Crippen LogP contribution in [0.25, 0.3) is 0 Å². The zero-order valence-electron chi connectivity index (χ0n) is 11.0. The van der Waals surface area contributed by atoms with Gasteiger partial charge in [0.25, 0.3) is 5.91 Å². The van der Waals surface area contributed by atoms with E-state index in [1.54, 1.807) is 6.92 Å². The minimum atomic E-state index is -0.847. The SMILES string of the molecule is Cc1cc(N)c(C(=O)Nc2c(F)ccc(C)c2F)cn1. The zero-order valence-corrected chi connectivity index (χ0v) is 11.0. The number of nitrogen functional groups attached to an aromatic ring is 1. The Balaban J connectivity index is 2.35. The number of benzene rings is 1. The molecule has 0 radical (unpaired) electrons. The average Bonchev–Trinajstić information content (AvgIpc) is 2.39. The summed E-state index contributed by atoms with van der Waals surface area (Å²) in [5, 5.41) is 2.19. The van der Waals surface area contributed by atoms with Crippen LogP contribution in [-0.2, 0) is 0 Å². The molecule has 1 aromatic heterocycles. The third-order valence-corrected chi connectivity index (χ3v) is 2.84. The molecule has 0 atom stereocenters. The minimum Gasteiger partial charge on any atom is -0.398 e. The van der Waals surface area contributed by atoms with Crippen molar-refractivity contribution in [1.29, 1.82) is 0 Å². The van der Waals surface area contributed by atoms with Crippen molar-refractivity contribution in [2.75, 3.05) is 11.1 Å². The molecule has 0 spiro atoms. The Morgan fingerprint density at radius 2 is 2.00 bits per heavy atom. The quantitative estimate of drug-likeness (QED) is 0.887. The fourth-order valence-corrected chi connectivity index (χ4v) is 1.72. The maximum Gasteiger partial charge on any atom is 0.259 e. The van der Waals surface area contributed by atoms with E-state index in [1.165, 1.54) is 25.3 Å². The van der Waals surface area contributed by atoms with Crippen molar-refractivity contribution in [3.8, 4) is 0 Å². The summed E-state index contributed by atoms with van der Waals surface area (Å²) in [6.45, 7) is 3.20. The van der Waals surface area contributed by atoms with Gasteiger partial charge in [-0.2, -0.15) is 0 Å². The number of hydrogen-bond acceptors (Lipinski definition) is 3. The molecule has 2 rings (SSSR count). The van der Waals surface area contributed by atoms with E-state index in [4.69, 9.17) is 5.73 Å². The molecule has 0 saturated heterocycles. The Hall–Kier alpha value is -2.50. The summed E-state index contributed by atoms with van der Waals surface area (Å²) in [6.07, 6.45) is 1.27. The summed E-state index contributed by atoms with van der Waals surface area (Å²) in [7, 11) is 0. The maximum atomic E-state index is 13.8. The standard InChI is InChI=1S/C14H13F2N3O/c1-7-3-4-10(15)13(12(7)16)19-14(20)9-6-18-8(2)5-11(9)17/h3-6H,1-2H3,(H2,17,18)(H,19,20). The van der Waals surface area contributed by atoms with E-state index in [0.717, 1.165) is 6.07 Å². The molecule has 1 amide bonds. The topological polar surface area (TPSA) is 68.0 Å². The van der Waals surface area contributed by atoms with Crippen LogP contribution in [0.1, 0.15) is 21.6 Å². The van der Waals surface area contributed by atoms with Crippen LogP contribution in [0.15, 0.2) is 24.4 Å². The normalized spacial score (nSPS) is 10.4. The van der Waals surface area contributed by atoms with E-state index in [-0.39, 0.29) is 16.8 Å². The van der Waals surface area contributed by atoms with Crippen LogP contribution in [0.3, 0.4) is 0 Å². The van der Waals surface area contributed by atoms with Gasteiger partial charge in [-0.3, -0.25) is 9.78 Å². The number of nitrogens with zero attached hydrogens (tertiary/aromatic N) is 1. The van der Waals surface area contributed by atoms with Gasteiger partial charge in [-0.15, -0.1) is 0 Å². The van der Waals surface area contributed by atoms with Gasteiger partial charge in [0.2, 0.25) is 0 Å². The van der Waals surface area contributed by atoms with Gasteiger partial charge in [0.05, 0.1) is 5.56 Å². The first-order valence-electron chi connectivity index (χ1n) is 5.88. The number of aryl methyl sites for hydroxylation is 2. The zero-order chi connectivity index (χ0) is 14.9. The molecule has 104 valence electrons. The minimum absolute atomic E-state index is 0.0657. The number of anilines is 2. The van der Waals surface area contributed by atoms with E-state index in [9.17, 15) is 13.6 Å². The lowest BCUT2D eigenvalue weighted by Crippen LogP contribution is -2.17. The maximum absolute atomic E-state index is 13.8. The predicted octanol–water partition coefficient (Wildman–Crippen LogP) is 2.81. The van der Waals surface area contributed by atoms with Gasteiger partial charge in [-0.25, -0.2) is 8.78 Å². The van der Waals surface area contributed by atoms with Crippen molar-refractivity contribution in [2.45, 2.75) is 13.8 Å². The van der Waals surface area contributed by atoms with Crippen molar-refractivity contribution in [1.82, 2.24) is 4.98 Å². The van der Waals surface area contributed by atoms with E-state index in [1.807, 2.05) is 0 Å². The highest BCUT2D eigenvalue weighted by Gasteiger charge is 2.17. The highest BCUT2D eigenvalue weighted by molar-refractivity contribution is 6.07. The Labute approximate surface area is 114 Å². The second kappa shape index (κ2) is 5.24. The highest BCUT2D eigenvalue weighted by atomic mass is 19.1. The summed E-state index contributed by atoms with van der Waals surface area (Å²) in [5.74, 6) is -2.37. The van der Waals surface area contributed by atoms with Crippen molar-refractivity contribution in [3.63, 3.8) is 0 Å². The number of rotatable bonds is 2. The summed E-state index contributed by atoms with van der Waals surface area (Å²) in [4.78, 5) is 15.9. The second-order valence-corrected chi connectivity index (χ2v) is 4.42. The smallest absolute Gasteiger partial charge is 0.259 e.